The first-order valence-electron chi connectivity index (χ1n) is 6.79. The maximum atomic E-state index is 11.9. The van der Waals surface area contributed by atoms with Crippen molar-refractivity contribution in [3.63, 3.8) is 0 Å². The van der Waals surface area contributed by atoms with E-state index in [4.69, 9.17) is 9.47 Å². The number of methoxy groups -OCH3 is 2. The van der Waals surface area contributed by atoms with Gasteiger partial charge in [-0.15, -0.1) is 0 Å². The quantitative estimate of drug-likeness (QED) is 0.379. The van der Waals surface area contributed by atoms with Crippen molar-refractivity contribution in [1.29, 1.82) is 0 Å². The molecular formula is C15H17N3O5. The fourth-order valence-corrected chi connectivity index (χ4v) is 2.13. The number of rotatable bonds is 6. The second-order valence-corrected chi connectivity index (χ2v) is 4.84. The molecule has 2 aromatic rings. The Labute approximate surface area is 133 Å². The largest absolute Gasteiger partial charge is 0.711 e. The van der Waals surface area contributed by atoms with Crippen molar-refractivity contribution >= 4 is 11.5 Å². The minimum absolute atomic E-state index is 0.0974. The minimum Gasteiger partial charge on any atom is -0.711 e. The molecule has 0 spiro atoms. The zero-order chi connectivity index (χ0) is 17.0. The van der Waals surface area contributed by atoms with Gasteiger partial charge in [0.25, 0.3) is 11.5 Å². The lowest BCUT2D eigenvalue weighted by Gasteiger charge is -2.12. The third kappa shape index (κ3) is 3.60. The van der Waals surface area contributed by atoms with Crippen LogP contribution in [0.15, 0.2) is 30.5 Å². The van der Waals surface area contributed by atoms with Crippen molar-refractivity contribution in [2.24, 2.45) is 0 Å². The fraction of sp³-hybridized carbons (Fsp3) is 0.267. The molecular weight excluding hydrogens is 302 g/mol. The van der Waals surface area contributed by atoms with Gasteiger partial charge in [0.1, 0.15) is 30.3 Å². The number of nitrogens with one attached hydrogen (secondary N) is 1. The molecule has 0 saturated carbocycles. The molecule has 0 fully saturated rings. The zero-order valence-corrected chi connectivity index (χ0v) is 13.0. The third-order valence-electron chi connectivity index (χ3n) is 3.38. The normalized spacial score (nSPS) is 10.2. The van der Waals surface area contributed by atoms with Crippen LogP contribution in [0.4, 0.5) is 11.5 Å². The number of hydrogen-bond acceptors (Lipinski definition) is 6. The predicted molar refractivity (Wildman–Crippen MR) is 83.7 cm³/mol. The van der Waals surface area contributed by atoms with Gasteiger partial charge in [0.2, 0.25) is 0 Å². The minimum atomic E-state index is -0.519. The number of hydrogen-bond donors (Lipinski definition) is 1. The standard InChI is InChI=1S/C15H17N3O5/c1-10-9-17(19)15(7-13(10)18(20)21)16-8-11-4-5-12(22-2)6-14(11)23-3/h4-7,9,16H,8H2,1-3H3. The fourth-order valence-electron chi connectivity index (χ4n) is 2.13. The van der Waals surface area contributed by atoms with E-state index in [0.29, 0.717) is 21.8 Å². The lowest BCUT2D eigenvalue weighted by molar-refractivity contribution is -0.591. The van der Waals surface area contributed by atoms with Gasteiger partial charge in [-0.25, -0.2) is 4.73 Å². The van der Waals surface area contributed by atoms with Crippen LogP contribution in [0.3, 0.4) is 0 Å². The summed E-state index contributed by atoms with van der Waals surface area (Å²) in [6.45, 7) is 1.79. The Morgan fingerprint density at radius 3 is 2.61 bits per heavy atom. The first kappa shape index (κ1) is 16.3. The molecule has 0 bridgehead atoms. The van der Waals surface area contributed by atoms with E-state index in [2.05, 4.69) is 5.32 Å². The Bertz CT molecular complexity index is 733. The highest BCUT2D eigenvalue weighted by molar-refractivity contribution is 5.47. The molecule has 0 saturated heterocycles. The summed E-state index contributed by atoms with van der Waals surface area (Å²) in [7, 11) is 3.08. The monoisotopic (exact) mass is 319 g/mol. The predicted octanol–water partition coefficient (Wildman–Crippen LogP) is 2.17. The molecule has 0 atom stereocenters. The van der Waals surface area contributed by atoms with E-state index in [1.807, 2.05) is 0 Å². The smallest absolute Gasteiger partial charge is 0.284 e. The van der Waals surface area contributed by atoms with E-state index in [0.717, 1.165) is 5.56 Å². The molecule has 0 aliphatic carbocycles. The summed E-state index contributed by atoms with van der Waals surface area (Å²) in [6.07, 6.45) is 1.17. The highest BCUT2D eigenvalue weighted by Gasteiger charge is 2.18. The van der Waals surface area contributed by atoms with Crippen molar-refractivity contribution in [2.45, 2.75) is 13.5 Å². The number of nitro groups is 1. The Balaban J connectivity index is 2.24. The van der Waals surface area contributed by atoms with Crippen LogP contribution in [-0.4, -0.2) is 19.1 Å². The summed E-state index contributed by atoms with van der Waals surface area (Å²) in [4.78, 5) is 10.4. The Kier molecular flexibility index (Phi) is 4.85. The van der Waals surface area contributed by atoms with Gasteiger partial charge in [-0.05, 0) is 19.1 Å². The SMILES string of the molecule is COc1ccc(CNc2cc([N+](=O)[O-])c(C)c[n+]2[O-])c(OC)c1. The van der Waals surface area contributed by atoms with Gasteiger partial charge in [0, 0.05) is 11.6 Å². The second kappa shape index (κ2) is 6.82. The highest BCUT2D eigenvalue weighted by atomic mass is 16.6. The van der Waals surface area contributed by atoms with Crippen LogP contribution in [0.25, 0.3) is 0 Å². The van der Waals surface area contributed by atoms with Gasteiger partial charge in [-0.1, -0.05) is 0 Å². The van der Waals surface area contributed by atoms with E-state index in [1.54, 1.807) is 25.3 Å². The molecule has 0 unspecified atom stereocenters. The Morgan fingerprint density at radius 1 is 1.26 bits per heavy atom. The van der Waals surface area contributed by atoms with Crippen molar-refractivity contribution in [3.05, 3.63) is 56.9 Å². The third-order valence-corrected chi connectivity index (χ3v) is 3.38. The molecule has 0 radical (unpaired) electrons. The topological polar surface area (TPSA) is 101 Å². The molecule has 1 heterocycles. The van der Waals surface area contributed by atoms with Crippen LogP contribution in [0.5, 0.6) is 11.5 Å². The number of benzene rings is 1. The molecule has 2 rings (SSSR count). The van der Waals surface area contributed by atoms with Crippen LogP contribution in [0, 0.1) is 22.2 Å². The van der Waals surface area contributed by atoms with Crippen molar-refractivity contribution < 1.29 is 19.1 Å². The van der Waals surface area contributed by atoms with Crippen LogP contribution in [-0.2, 0) is 6.54 Å². The molecule has 1 N–H and O–H groups in total. The summed E-state index contributed by atoms with van der Waals surface area (Å²) < 4.78 is 11.0. The summed E-state index contributed by atoms with van der Waals surface area (Å²) in [5, 5.41) is 25.7. The average Bonchev–Trinajstić information content (AvgIpc) is 2.53. The van der Waals surface area contributed by atoms with E-state index in [1.165, 1.54) is 26.3 Å². The van der Waals surface area contributed by atoms with Crippen molar-refractivity contribution in [1.82, 2.24) is 0 Å². The number of anilines is 1. The summed E-state index contributed by atoms with van der Waals surface area (Å²) >= 11 is 0. The first-order valence-corrected chi connectivity index (χ1v) is 6.79. The van der Waals surface area contributed by atoms with E-state index in [-0.39, 0.29) is 18.1 Å². The Morgan fingerprint density at radius 2 is 2.00 bits per heavy atom. The molecule has 0 aliphatic heterocycles. The molecule has 1 aromatic heterocycles. The number of aryl methyl sites for hydroxylation is 1. The molecule has 122 valence electrons. The lowest BCUT2D eigenvalue weighted by Crippen LogP contribution is -2.31. The average molecular weight is 319 g/mol. The summed E-state index contributed by atoms with van der Waals surface area (Å²) in [5.74, 6) is 1.34. The summed E-state index contributed by atoms with van der Waals surface area (Å²) in [6, 6.07) is 6.50. The van der Waals surface area contributed by atoms with Gasteiger partial charge in [-0.2, -0.15) is 0 Å². The first-order chi connectivity index (χ1) is 11.0. The van der Waals surface area contributed by atoms with Crippen molar-refractivity contribution in [2.75, 3.05) is 19.5 Å². The van der Waals surface area contributed by atoms with E-state index < -0.39 is 4.92 Å². The van der Waals surface area contributed by atoms with E-state index in [9.17, 15) is 15.3 Å². The van der Waals surface area contributed by atoms with Gasteiger partial charge in [0.15, 0.2) is 0 Å². The maximum absolute atomic E-state index is 11.9. The van der Waals surface area contributed by atoms with Crippen LogP contribution >= 0.6 is 0 Å². The molecule has 8 nitrogen and oxygen atoms in total. The van der Waals surface area contributed by atoms with Gasteiger partial charge >= 0.3 is 0 Å². The molecule has 0 amide bonds. The van der Waals surface area contributed by atoms with Crippen LogP contribution in [0.1, 0.15) is 11.1 Å². The number of ether oxygens (including phenoxy) is 2. The molecule has 0 aliphatic rings. The Hall–Kier alpha value is -3.03. The second-order valence-electron chi connectivity index (χ2n) is 4.84. The summed E-state index contributed by atoms with van der Waals surface area (Å²) in [5.41, 5.74) is 0.982. The molecule has 8 heteroatoms. The molecule has 23 heavy (non-hydrogen) atoms. The van der Waals surface area contributed by atoms with Crippen molar-refractivity contribution in [3.8, 4) is 11.5 Å². The zero-order valence-electron chi connectivity index (χ0n) is 13.0. The highest BCUT2D eigenvalue weighted by Crippen LogP contribution is 2.25. The van der Waals surface area contributed by atoms with Gasteiger partial charge in [-0.3, -0.25) is 15.4 Å². The number of pyridine rings is 1. The maximum Gasteiger partial charge on any atom is 0.284 e. The van der Waals surface area contributed by atoms with Crippen LogP contribution < -0.4 is 19.5 Å². The number of nitrogens with zero attached hydrogens (tertiary/aromatic N) is 2. The van der Waals surface area contributed by atoms with Gasteiger partial charge in [0.05, 0.1) is 24.7 Å². The number of aromatic nitrogens is 1. The van der Waals surface area contributed by atoms with Gasteiger partial charge < -0.3 is 14.7 Å². The lowest BCUT2D eigenvalue weighted by atomic mass is 10.2. The molecule has 1 aromatic carbocycles. The van der Waals surface area contributed by atoms with Crippen LogP contribution in [0.2, 0.25) is 0 Å². The van der Waals surface area contributed by atoms with E-state index >= 15 is 0 Å².